The van der Waals surface area contributed by atoms with Crippen LogP contribution in [-0.4, -0.2) is 42.0 Å². The summed E-state index contributed by atoms with van der Waals surface area (Å²) in [4.78, 5) is 12.7. The fourth-order valence-corrected chi connectivity index (χ4v) is 4.64. The van der Waals surface area contributed by atoms with Crippen molar-refractivity contribution in [3.8, 4) is 5.75 Å². The van der Waals surface area contributed by atoms with E-state index >= 15 is 0 Å². The van der Waals surface area contributed by atoms with Gasteiger partial charge in [-0.1, -0.05) is 19.0 Å². The van der Waals surface area contributed by atoms with Gasteiger partial charge in [-0.15, -0.1) is 0 Å². The molecule has 2 N–H and O–H groups in total. The van der Waals surface area contributed by atoms with Crippen LogP contribution in [0.15, 0.2) is 27.6 Å². The molecule has 0 radical (unpaired) electrons. The highest BCUT2D eigenvalue weighted by atomic mass is 32.2. The normalized spacial score (nSPS) is 15.4. The SMILES string of the molecule is Cc1noc(C(C)C)c1C(=O)Nc1cc(S(=O)(=O)N2CCCC2)ccc1O. The molecule has 2 aromatic rings. The van der Waals surface area contributed by atoms with E-state index < -0.39 is 15.9 Å². The lowest BCUT2D eigenvalue weighted by molar-refractivity contribution is 0.102. The number of aromatic nitrogens is 1. The van der Waals surface area contributed by atoms with Gasteiger partial charge < -0.3 is 14.9 Å². The van der Waals surface area contributed by atoms with E-state index in [4.69, 9.17) is 4.52 Å². The fraction of sp³-hybridized carbons (Fsp3) is 0.444. The quantitative estimate of drug-likeness (QED) is 0.755. The second-order valence-corrected chi connectivity index (χ2v) is 8.84. The van der Waals surface area contributed by atoms with Crippen molar-refractivity contribution in [3.05, 3.63) is 35.2 Å². The van der Waals surface area contributed by atoms with Gasteiger partial charge in [0.15, 0.2) is 5.76 Å². The number of anilines is 1. The number of nitrogens with zero attached hydrogens (tertiary/aromatic N) is 2. The molecule has 8 nitrogen and oxygen atoms in total. The van der Waals surface area contributed by atoms with Gasteiger partial charge in [0.25, 0.3) is 5.91 Å². The average Bonchev–Trinajstić information content (AvgIpc) is 3.26. The number of phenolic OH excluding ortho intramolecular Hbond substituents is 1. The smallest absolute Gasteiger partial charge is 0.261 e. The maximum absolute atomic E-state index is 12.7. The molecule has 3 rings (SSSR count). The lowest BCUT2D eigenvalue weighted by Crippen LogP contribution is -2.28. The van der Waals surface area contributed by atoms with Crippen molar-refractivity contribution < 1.29 is 22.8 Å². The molecule has 1 aromatic heterocycles. The molecule has 9 heteroatoms. The second kappa shape index (κ2) is 7.32. The number of benzene rings is 1. The second-order valence-electron chi connectivity index (χ2n) is 6.91. The van der Waals surface area contributed by atoms with Crippen LogP contribution in [0.3, 0.4) is 0 Å². The summed E-state index contributed by atoms with van der Waals surface area (Å²) in [6, 6.07) is 3.88. The molecule has 1 fully saturated rings. The van der Waals surface area contributed by atoms with Crippen LogP contribution in [0.2, 0.25) is 0 Å². The molecule has 0 unspecified atom stereocenters. The molecule has 0 saturated carbocycles. The number of hydrogen-bond acceptors (Lipinski definition) is 6. The van der Waals surface area contributed by atoms with Crippen LogP contribution >= 0.6 is 0 Å². The summed E-state index contributed by atoms with van der Waals surface area (Å²) < 4.78 is 32.1. The summed E-state index contributed by atoms with van der Waals surface area (Å²) in [5.74, 6) is -0.347. The van der Waals surface area contributed by atoms with Crippen molar-refractivity contribution in [2.45, 2.75) is 44.4 Å². The Morgan fingerprint density at radius 1 is 1.30 bits per heavy atom. The van der Waals surface area contributed by atoms with E-state index in [2.05, 4.69) is 10.5 Å². The third-order valence-electron chi connectivity index (χ3n) is 4.56. The predicted octanol–water partition coefficient (Wildman–Crippen LogP) is 2.85. The number of rotatable bonds is 5. The van der Waals surface area contributed by atoms with Crippen LogP contribution in [0.4, 0.5) is 5.69 Å². The molecular weight excluding hydrogens is 370 g/mol. The molecule has 1 aromatic carbocycles. The largest absolute Gasteiger partial charge is 0.506 e. The summed E-state index contributed by atoms with van der Waals surface area (Å²) in [5, 5.41) is 16.5. The monoisotopic (exact) mass is 393 g/mol. The molecule has 1 aliphatic heterocycles. The maximum atomic E-state index is 12.7. The van der Waals surface area contributed by atoms with E-state index in [-0.39, 0.29) is 27.8 Å². The summed E-state index contributed by atoms with van der Waals surface area (Å²) in [5.41, 5.74) is 0.740. The minimum atomic E-state index is -3.66. The Kier molecular flexibility index (Phi) is 5.25. The molecule has 1 amide bonds. The summed E-state index contributed by atoms with van der Waals surface area (Å²) in [7, 11) is -3.66. The zero-order valence-corrected chi connectivity index (χ0v) is 16.3. The van der Waals surface area contributed by atoms with E-state index in [0.29, 0.717) is 24.5 Å². The number of sulfonamides is 1. The Morgan fingerprint density at radius 2 is 1.96 bits per heavy atom. The Balaban J connectivity index is 1.92. The number of carbonyl (C=O) groups is 1. The number of aryl methyl sites for hydroxylation is 1. The van der Waals surface area contributed by atoms with E-state index in [1.54, 1.807) is 6.92 Å². The Labute approximate surface area is 158 Å². The van der Waals surface area contributed by atoms with Crippen molar-refractivity contribution in [3.63, 3.8) is 0 Å². The first kappa shape index (κ1) is 19.4. The van der Waals surface area contributed by atoms with Crippen LogP contribution in [0.25, 0.3) is 0 Å². The van der Waals surface area contributed by atoms with Crippen LogP contribution in [0.1, 0.15) is 54.4 Å². The third-order valence-corrected chi connectivity index (χ3v) is 6.45. The van der Waals surface area contributed by atoms with Gasteiger partial charge in [-0.25, -0.2) is 8.42 Å². The summed E-state index contributed by atoms with van der Waals surface area (Å²) >= 11 is 0. The maximum Gasteiger partial charge on any atom is 0.261 e. The van der Waals surface area contributed by atoms with Crippen LogP contribution in [-0.2, 0) is 10.0 Å². The number of aromatic hydroxyl groups is 1. The molecule has 1 saturated heterocycles. The van der Waals surface area contributed by atoms with Gasteiger partial charge in [-0.05, 0) is 38.0 Å². The van der Waals surface area contributed by atoms with E-state index in [1.165, 1.54) is 22.5 Å². The van der Waals surface area contributed by atoms with E-state index in [9.17, 15) is 18.3 Å². The van der Waals surface area contributed by atoms with Crippen molar-refractivity contribution in [2.24, 2.45) is 0 Å². The highest BCUT2D eigenvalue weighted by Crippen LogP contribution is 2.31. The Hall–Kier alpha value is -2.39. The molecule has 2 heterocycles. The number of phenols is 1. The molecule has 27 heavy (non-hydrogen) atoms. The average molecular weight is 393 g/mol. The lowest BCUT2D eigenvalue weighted by Gasteiger charge is -2.17. The highest BCUT2D eigenvalue weighted by Gasteiger charge is 2.28. The van der Waals surface area contributed by atoms with Crippen molar-refractivity contribution in [1.29, 1.82) is 0 Å². The van der Waals surface area contributed by atoms with Gasteiger partial charge in [0.1, 0.15) is 11.3 Å². The third kappa shape index (κ3) is 3.70. The number of carbonyl (C=O) groups excluding carboxylic acids is 1. The van der Waals surface area contributed by atoms with Gasteiger partial charge in [-0.2, -0.15) is 4.31 Å². The van der Waals surface area contributed by atoms with Crippen LogP contribution in [0, 0.1) is 6.92 Å². The summed E-state index contributed by atoms with van der Waals surface area (Å²) in [6.07, 6.45) is 1.65. The number of nitrogens with one attached hydrogen (secondary N) is 1. The molecule has 146 valence electrons. The minimum Gasteiger partial charge on any atom is -0.506 e. The Morgan fingerprint density at radius 3 is 2.59 bits per heavy atom. The highest BCUT2D eigenvalue weighted by molar-refractivity contribution is 7.89. The van der Waals surface area contributed by atoms with Gasteiger partial charge in [0, 0.05) is 19.0 Å². The molecule has 0 aliphatic carbocycles. The zero-order valence-electron chi connectivity index (χ0n) is 15.5. The van der Waals surface area contributed by atoms with Gasteiger partial charge in [-0.3, -0.25) is 4.79 Å². The minimum absolute atomic E-state index is 0.0237. The van der Waals surface area contributed by atoms with Crippen LogP contribution < -0.4 is 5.32 Å². The van der Waals surface area contributed by atoms with Crippen molar-refractivity contribution in [1.82, 2.24) is 9.46 Å². The first-order chi connectivity index (χ1) is 12.7. The lowest BCUT2D eigenvalue weighted by atomic mass is 10.0. The van der Waals surface area contributed by atoms with Gasteiger partial charge >= 0.3 is 0 Å². The summed E-state index contributed by atoms with van der Waals surface area (Å²) in [6.45, 7) is 6.35. The zero-order chi connectivity index (χ0) is 19.8. The van der Waals surface area contributed by atoms with E-state index in [0.717, 1.165) is 12.8 Å². The number of hydrogen-bond donors (Lipinski definition) is 2. The van der Waals surface area contributed by atoms with Crippen molar-refractivity contribution >= 4 is 21.6 Å². The van der Waals surface area contributed by atoms with Gasteiger partial charge in [0.05, 0.1) is 16.3 Å². The van der Waals surface area contributed by atoms with Crippen molar-refractivity contribution in [2.75, 3.05) is 18.4 Å². The number of amides is 1. The Bertz CT molecular complexity index is 959. The predicted molar refractivity (Wildman–Crippen MR) is 99.4 cm³/mol. The topological polar surface area (TPSA) is 113 Å². The standard InChI is InChI=1S/C18H23N3O5S/c1-11(2)17-16(12(3)20-26-17)18(23)19-14-10-13(6-7-15(14)22)27(24,25)21-8-4-5-9-21/h6-7,10-11,22H,4-5,8-9H2,1-3H3,(H,19,23). The fourth-order valence-electron chi connectivity index (χ4n) is 3.10. The molecule has 0 spiro atoms. The molecule has 0 atom stereocenters. The van der Waals surface area contributed by atoms with Crippen LogP contribution in [0.5, 0.6) is 5.75 Å². The molecular formula is C18H23N3O5S. The van der Waals surface area contributed by atoms with Gasteiger partial charge in [0.2, 0.25) is 10.0 Å². The van der Waals surface area contributed by atoms with E-state index in [1.807, 2.05) is 13.8 Å². The molecule has 1 aliphatic rings. The first-order valence-corrected chi connectivity index (χ1v) is 10.3. The molecule has 0 bridgehead atoms. The first-order valence-electron chi connectivity index (χ1n) is 8.82.